The number of nitrogens with two attached hydrogens (primary N) is 1. The average Bonchev–Trinajstić information content (AvgIpc) is 2.77. The molecule has 1 unspecified atom stereocenters. The summed E-state index contributed by atoms with van der Waals surface area (Å²) in [5, 5.41) is 3.83. The molecule has 0 spiro atoms. The number of nitrogen functional groups attached to an aromatic ring is 1. The molecule has 6 nitrogen and oxygen atoms in total. The highest BCUT2D eigenvalue weighted by Crippen LogP contribution is 2.26. The van der Waals surface area contributed by atoms with E-state index in [1.807, 2.05) is 25.6 Å². The van der Waals surface area contributed by atoms with Crippen molar-refractivity contribution in [2.75, 3.05) is 23.3 Å². The second kappa shape index (κ2) is 6.08. The van der Waals surface area contributed by atoms with Crippen LogP contribution in [-0.4, -0.2) is 38.6 Å². The molecule has 100 valence electrons. The summed E-state index contributed by atoms with van der Waals surface area (Å²) in [6, 6.07) is 0.277. The van der Waals surface area contributed by atoms with Crippen molar-refractivity contribution in [2.45, 2.75) is 38.0 Å². The van der Waals surface area contributed by atoms with Crippen LogP contribution in [0, 0.1) is 0 Å². The molecule has 3 N–H and O–H groups in total. The van der Waals surface area contributed by atoms with Gasteiger partial charge in [0, 0.05) is 11.8 Å². The highest BCUT2D eigenvalue weighted by Gasteiger charge is 2.16. The third-order valence-electron chi connectivity index (χ3n) is 2.49. The lowest BCUT2D eigenvalue weighted by atomic mass is 10.2. The number of ether oxygens (including phenoxy) is 1. The summed E-state index contributed by atoms with van der Waals surface area (Å²) in [6.07, 6.45) is 2.55. The summed E-state index contributed by atoms with van der Waals surface area (Å²) in [6.45, 7) is 4.69. The fourth-order valence-corrected chi connectivity index (χ4v) is 2.93. The van der Waals surface area contributed by atoms with Gasteiger partial charge in [-0.25, -0.2) is 0 Å². The summed E-state index contributed by atoms with van der Waals surface area (Å²) in [7, 11) is 0. The van der Waals surface area contributed by atoms with Crippen LogP contribution in [0.25, 0.3) is 0 Å². The topological polar surface area (TPSA) is 86.0 Å². The van der Waals surface area contributed by atoms with Gasteiger partial charge in [-0.3, -0.25) is 0 Å². The van der Waals surface area contributed by atoms with Gasteiger partial charge in [0.2, 0.25) is 11.9 Å². The van der Waals surface area contributed by atoms with Gasteiger partial charge in [-0.2, -0.15) is 26.7 Å². The molecule has 7 heteroatoms. The molecule has 0 amide bonds. The van der Waals surface area contributed by atoms with E-state index in [4.69, 9.17) is 10.5 Å². The molecule has 1 fully saturated rings. The van der Waals surface area contributed by atoms with Crippen LogP contribution in [-0.2, 0) is 0 Å². The van der Waals surface area contributed by atoms with Crippen molar-refractivity contribution in [2.24, 2.45) is 0 Å². The maximum Gasteiger partial charge on any atom is 0.323 e. The van der Waals surface area contributed by atoms with Crippen LogP contribution >= 0.6 is 11.8 Å². The first kappa shape index (κ1) is 13.2. The predicted octanol–water partition coefficient (Wildman–Crippen LogP) is 1.55. The van der Waals surface area contributed by atoms with E-state index >= 15 is 0 Å². The number of hydrogen-bond donors (Lipinski definition) is 2. The maximum atomic E-state index is 5.63. The zero-order valence-electron chi connectivity index (χ0n) is 10.7. The van der Waals surface area contributed by atoms with Crippen LogP contribution in [0.3, 0.4) is 0 Å². The predicted molar refractivity (Wildman–Crippen MR) is 74.0 cm³/mol. The van der Waals surface area contributed by atoms with Crippen molar-refractivity contribution in [3.63, 3.8) is 0 Å². The lowest BCUT2D eigenvalue weighted by Gasteiger charge is -2.12. The molecule has 2 rings (SSSR count). The van der Waals surface area contributed by atoms with Gasteiger partial charge in [0.15, 0.2) is 0 Å². The fraction of sp³-hybridized carbons (Fsp3) is 0.727. The molecule has 1 saturated heterocycles. The maximum absolute atomic E-state index is 5.63. The normalized spacial score (nSPS) is 19.2. The van der Waals surface area contributed by atoms with E-state index in [-0.39, 0.29) is 18.1 Å². The van der Waals surface area contributed by atoms with Gasteiger partial charge < -0.3 is 15.8 Å². The van der Waals surface area contributed by atoms with Gasteiger partial charge in [-0.15, -0.1) is 0 Å². The molecular weight excluding hydrogens is 250 g/mol. The molecule has 1 atom stereocenters. The Morgan fingerprint density at radius 2 is 2.28 bits per heavy atom. The Balaban J connectivity index is 1.96. The fourth-order valence-electron chi connectivity index (χ4n) is 1.73. The van der Waals surface area contributed by atoms with Crippen molar-refractivity contribution >= 4 is 23.7 Å². The monoisotopic (exact) mass is 269 g/mol. The van der Waals surface area contributed by atoms with Gasteiger partial charge in [0.25, 0.3) is 0 Å². The Kier molecular flexibility index (Phi) is 4.46. The van der Waals surface area contributed by atoms with E-state index in [1.54, 1.807) is 0 Å². The van der Waals surface area contributed by atoms with Crippen molar-refractivity contribution < 1.29 is 4.74 Å². The molecule has 0 radical (unpaired) electrons. The average molecular weight is 269 g/mol. The number of anilines is 2. The SMILES string of the molecule is CC(C)Oc1nc(N)nc(NCC2CCCS2)n1. The summed E-state index contributed by atoms with van der Waals surface area (Å²) in [5.74, 6) is 1.92. The van der Waals surface area contributed by atoms with E-state index in [2.05, 4.69) is 20.3 Å². The Morgan fingerprint density at radius 3 is 2.94 bits per heavy atom. The summed E-state index contributed by atoms with van der Waals surface area (Å²) >= 11 is 1.98. The van der Waals surface area contributed by atoms with E-state index in [0.29, 0.717) is 11.2 Å². The molecule has 1 aliphatic rings. The first-order valence-electron chi connectivity index (χ1n) is 6.17. The standard InChI is InChI=1S/C11H19N5OS/c1-7(2)17-11-15-9(12)14-10(16-11)13-6-8-4-3-5-18-8/h7-8H,3-6H2,1-2H3,(H3,12,13,14,15,16). The Bertz CT molecular complexity index is 395. The first-order chi connectivity index (χ1) is 8.63. The molecule has 1 aromatic rings. The second-order valence-corrected chi connectivity index (χ2v) is 5.89. The summed E-state index contributed by atoms with van der Waals surface area (Å²) in [4.78, 5) is 12.2. The third kappa shape index (κ3) is 3.90. The largest absolute Gasteiger partial charge is 0.461 e. The Morgan fingerprint density at radius 1 is 1.44 bits per heavy atom. The van der Waals surface area contributed by atoms with Crippen LogP contribution in [0.1, 0.15) is 26.7 Å². The number of thioether (sulfide) groups is 1. The van der Waals surface area contributed by atoms with Crippen LogP contribution < -0.4 is 15.8 Å². The zero-order valence-corrected chi connectivity index (χ0v) is 11.5. The van der Waals surface area contributed by atoms with Gasteiger partial charge >= 0.3 is 6.01 Å². The molecule has 2 heterocycles. The van der Waals surface area contributed by atoms with Crippen molar-refractivity contribution in [3.05, 3.63) is 0 Å². The minimum atomic E-state index is 0.0186. The van der Waals surface area contributed by atoms with Gasteiger partial charge in [0.1, 0.15) is 0 Å². The summed E-state index contributed by atoms with van der Waals surface area (Å²) in [5.41, 5.74) is 5.63. The minimum Gasteiger partial charge on any atom is -0.461 e. The van der Waals surface area contributed by atoms with E-state index in [9.17, 15) is 0 Å². The molecular formula is C11H19N5OS. The van der Waals surface area contributed by atoms with Crippen molar-refractivity contribution in [1.82, 2.24) is 15.0 Å². The minimum absolute atomic E-state index is 0.0186. The van der Waals surface area contributed by atoms with Crippen molar-refractivity contribution in [3.8, 4) is 6.01 Å². The lowest BCUT2D eigenvalue weighted by Crippen LogP contribution is -2.17. The highest BCUT2D eigenvalue weighted by atomic mass is 32.2. The molecule has 0 saturated carbocycles. The first-order valence-corrected chi connectivity index (χ1v) is 7.22. The van der Waals surface area contributed by atoms with E-state index < -0.39 is 0 Å². The molecule has 18 heavy (non-hydrogen) atoms. The third-order valence-corrected chi connectivity index (χ3v) is 3.88. The van der Waals surface area contributed by atoms with Crippen LogP contribution in [0.2, 0.25) is 0 Å². The Labute approximate surface area is 111 Å². The summed E-state index contributed by atoms with van der Waals surface area (Å²) < 4.78 is 5.42. The van der Waals surface area contributed by atoms with Gasteiger partial charge in [0.05, 0.1) is 6.10 Å². The van der Waals surface area contributed by atoms with Crippen LogP contribution in [0.15, 0.2) is 0 Å². The quantitative estimate of drug-likeness (QED) is 0.838. The number of hydrogen-bond acceptors (Lipinski definition) is 7. The van der Waals surface area contributed by atoms with Crippen LogP contribution in [0.5, 0.6) is 6.01 Å². The molecule has 1 aromatic heterocycles. The number of rotatable bonds is 5. The number of nitrogens with zero attached hydrogens (tertiary/aromatic N) is 3. The highest BCUT2D eigenvalue weighted by molar-refractivity contribution is 8.00. The zero-order chi connectivity index (χ0) is 13.0. The van der Waals surface area contributed by atoms with Crippen molar-refractivity contribution in [1.29, 1.82) is 0 Å². The van der Waals surface area contributed by atoms with Gasteiger partial charge in [-0.05, 0) is 32.4 Å². The molecule has 1 aliphatic heterocycles. The smallest absolute Gasteiger partial charge is 0.323 e. The lowest BCUT2D eigenvalue weighted by molar-refractivity contribution is 0.222. The number of aromatic nitrogens is 3. The molecule has 0 aliphatic carbocycles. The van der Waals surface area contributed by atoms with Gasteiger partial charge in [-0.1, -0.05) is 0 Å². The second-order valence-electron chi connectivity index (χ2n) is 4.48. The molecule has 0 bridgehead atoms. The van der Waals surface area contributed by atoms with Crippen LogP contribution in [0.4, 0.5) is 11.9 Å². The van der Waals surface area contributed by atoms with E-state index in [0.717, 1.165) is 6.54 Å². The van der Waals surface area contributed by atoms with E-state index in [1.165, 1.54) is 18.6 Å². The Hall–Kier alpha value is -1.24. The number of nitrogens with one attached hydrogen (secondary N) is 1. The molecule has 0 aromatic carbocycles.